The number of carboxylic acids is 1. The van der Waals surface area contributed by atoms with Crippen LogP contribution in [0.5, 0.6) is 0 Å². The molecule has 1 aliphatic rings. The van der Waals surface area contributed by atoms with Crippen molar-refractivity contribution in [2.24, 2.45) is 10.8 Å². The molecule has 0 aromatic carbocycles. The zero-order chi connectivity index (χ0) is 11.9. The van der Waals surface area contributed by atoms with Gasteiger partial charge in [-0.1, -0.05) is 27.7 Å². The number of aliphatic carboxylic acids is 1. The molecule has 0 aromatic heterocycles. The van der Waals surface area contributed by atoms with Gasteiger partial charge in [-0.05, 0) is 31.1 Å². The monoisotopic (exact) mass is 214 g/mol. The minimum absolute atomic E-state index is 0.0831. The van der Waals surface area contributed by atoms with Crippen LogP contribution < -0.4 is 0 Å². The Labute approximate surface area is 91.5 Å². The molecule has 1 saturated carbocycles. The summed E-state index contributed by atoms with van der Waals surface area (Å²) in [6, 6.07) is 0. The fraction of sp³-hybridized carbons (Fsp3) is 0.917. The highest BCUT2D eigenvalue weighted by molar-refractivity contribution is 5.76. The van der Waals surface area contributed by atoms with Crippen LogP contribution in [0.15, 0.2) is 0 Å². The van der Waals surface area contributed by atoms with E-state index < -0.39 is 17.0 Å². The largest absolute Gasteiger partial charge is 0.481 e. The van der Waals surface area contributed by atoms with Gasteiger partial charge in [-0.3, -0.25) is 4.79 Å². The quantitative estimate of drug-likeness (QED) is 0.755. The number of hydrogen-bond donors (Lipinski definition) is 2. The fourth-order valence-corrected chi connectivity index (χ4v) is 3.28. The Balaban J connectivity index is 2.97. The summed E-state index contributed by atoms with van der Waals surface area (Å²) in [5, 5.41) is 19.8. The third-order valence-electron chi connectivity index (χ3n) is 4.05. The van der Waals surface area contributed by atoms with Crippen LogP contribution in [0.2, 0.25) is 0 Å². The van der Waals surface area contributed by atoms with Crippen molar-refractivity contribution in [3.05, 3.63) is 0 Å². The Morgan fingerprint density at radius 1 is 1.27 bits per heavy atom. The van der Waals surface area contributed by atoms with Gasteiger partial charge in [0.2, 0.25) is 0 Å². The smallest absolute Gasteiger partial charge is 0.312 e. The second-order valence-corrected chi connectivity index (χ2v) is 5.64. The van der Waals surface area contributed by atoms with Crippen molar-refractivity contribution < 1.29 is 15.0 Å². The van der Waals surface area contributed by atoms with E-state index in [-0.39, 0.29) is 5.41 Å². The molecular formula is C12H22O3. The summed E-state index contributed by atoms with van der Waals surface area (Å²) < 4.78 is 0. The summed E-state index contributed by atoms with van der Waals surface area (Å²) >= 11 is 0. The van der Waals surface area contributed by atoms with Crippen molar-refractivity contribution in [3.8, 4) is 0 Å². The first-order valence-electron chi connectivity index (χ1n) is 5.69. The molecule has 3 nitrogen and oxygen atoms in total. The predicted octanol–water partition coefficient (Wildman–Crippen LogP) is 2.43. The van der Waals surface area contributed by atoms with Gasteiger partial charge in [-0.15, -0.1) is 0 Å². The van der Waals surface area contributed by atoms with Gasteiger partial charge in [0.1, 0.15) is 0 Å². The van der Waals surface area contributed by atoms with Gasteiger partial charge in [0.25, 0.3) is 0 Å². The number of aliphatic hydroxyl groups is 1. The molecule has 1 rings (SSSR count). The average Bonchev–Trinajstić information content (AvgIpc) is 2.02. The van der Waals surface area contributed by atoms with E-state index >= 15 is 0 Å². The highest BCUT2D eigenvalue weighted by Gasteiger charge is 2.62. The Kier molecular flexibility index (Phi) is 2.90. The van der Waals surface area contributed by atoms with E-state index in [1.54, 1.807) is 0 Å². The number of rotatable bonds is 4. The maximum Gasteiger partial charge on any atom is 0.312 e. The first kappa shape index (κ1) is 12.5. The molecule has 0 spiro atoms. The second kappa shape index (κ2) is 3.48. The molecule has 0 bridgehead atoms. The average molecular weight is 214 g/mol. The number of carbonyl (C=O) groups is 1. The maximum atomic E-state index is 11.4. The Morgan fingerprint density at radius 2 is 1.67 bits per heavy atom. The lowest BCUT2D eigenvalue weighted by molar-refractivity contribution is -0.212. The summed E-state index contributed by atoms with van der Waals surface area (Å²) in [5.41, 5.74) is -1.88. The summed E-state index contributed by atoms with van der Waals surface area (Å²) in [5.74, 6) is -0.856. The number of hydrogen-bond acceptors (Lipinski definition) is 2. The maximum absolute atomic E-state index is 11.4. The van der Waals surface area contributed by atoms with Gasteiger partial charge in [-0.2, -0.15) is 0 Å². The molecule has 0 aromatic rings. The van der Waals surface area contributed by atoms with E-state index in [1.807, 2.05) is 13.8 Å². The van der Waals surface area contributed by atoms with Crippen LogP contribution in [0, 0.1) is 10.8 Å². The predicted molar refractivity (Wildman–Crippen MR) is 58.6 cm³/mol. The van der Waals surface area contributed by atoms with Crippen molar-refractivity contribution in [1.82, 2.24) is 0 Å². The first-order chi connectivity index (χ1) is 6.73. The van der Waals surface area contributed by atoms with E-state index in [2.05, 4.69) is 13.8 Å². The van der Waals surface area contributed by atoms with Crippen molar-refractivity contribution >= 4 is 5.97 Å². The molecule has 0 amide bonds. The van der Waals surface area contributed by atoms with Gasteiger partial charge < -0.3 is 10.2 Å². The Bertz CT molecular complexity index is 256. The lowest BCUT2D eigenvalue weighted by Crippen LogP contribution is -2.62. The Morgan fingerprint density at radius 3 is 1.87 bits per heavy atom. The minimum atomic E-state index is -1.01. The van der Waals surface area contributed by atoms with Gasteiger partial charge in [-0.25, -0.2) is 0 Å². The molecule has 0 heterocycles. The van der Waals surface area contributed by atoms with E-state index in [4.69, 9.17) is 0 Å². The van der Waals surface area contributed by atoms with Gasteiger partial charge in [0.15, 0.2) is 0 Å². The SMILES string of the molecule is CCC(CC)(C(=O)O)C1(O)CC(C)(C)C1. The van der Waals surface area contributed by atoms with Crippen LogP contribution in [-0.2, 0) is 4.79 Å². The van der Waals surface area contributed by atoms with E-state index in [9.17, 15) is 15.0 Å². The number of carboxylic acid groups (broad SMARTS) is 1. The highest BCUT2D eigenvalue weighted by Crippen LogP contribution is 2.58. The molecule has 2 N–H and O–H groups in total. The minimum Gasteiger partial charge on any atom is -0.481 e. The molecule has 1 aliphatic carbocycles. The topological polar surface area (TPSA) is 57.5 Å². The lowest BCUT2D eigenvalue weighted by Gasteiger charge is -2.57. The molecule has 0 aliphatic heterocycles. The van der Waals surface area contributed by atoms with Gasteiger partial charge in [0, 0.05) is 0 Å². The molecule has 0 radical (unpaired) electrons. The molecular weight excluding hydrogens is 192 g/mol. The third kappa shape index (κ3) is 1.67. The van der Waals surface area contributed by atoms with Gasteiger partial charge >= 0.3 is 5.97 Å². The van der Waals surface area contributed by atoms with Crippen molar-refractivity contribution in [1.29, 1.82) is 0 Å². The highest BCUT2D eigenvalue weighted by atomic mass is 16.4. The van der Waals surface area contributed by atoms with Crippen LogP contribution in [0.4, 0.5) is 0 Å². The lowest BCUT2D eigenvalue weighted by atomic mass is 9.50. The van der Waals surface area contributed by atoms with Crippen LogP contribution in [0.3, 0.4) is 0 Å². The molecule has 1 fully saturated rings. The third-order valence-corrected chi connectivity index (χ3v) is 4.05. The van der Waals surface area contributed by atoms with E-state index in [0.717, 1.165) is 0 Å². The zero-order valence-electron chi connectivity index (χ0n) is 10.1. The van der Waals surface area contributed by atoms with E-state index in [1.165, 1.54) is 0 Å². The fourth-order valence-electron chi connectivity index (χ4n) is 3.28. The summed E-state index contributed by atoms with van der Waals surface area (Å²) in [6.07, 6.45) is 2.17. The molecule has 0 atom stereocenters. The van der Waals surface area contributed by atoms with Crippen molar-refractivity contribution in [2.75, 3.05) is 0 Å². The molecule has 15 heavy (non-hydrogen) atoms. The van der Waals surface area contributed by atoms with Crippen LogP contribution in [0.1, 0.15) is 53.4 Å². The summed E-state index contributed by atoms with van der Waals surface area (Å²) in [7, 11) is 0. The van der Waals surface area contributed by atoms with E-state index in [0.29, 0.717) is 25.7 Å². The second-order valence-electron chi connectivity index (χ2n) is 5.64. The summed E-state index contributed by atoms with van der Waals surface area (Å²) in [4.78, 5) is 11.4. The van der Waals surface area contributed by atoms with Crippen molar-refractivity contribution in [2.45, 2.75) is 59.0 Å². The molecule has 0 unspecified atom stereocenters. The zero-order valence-corrected chi connectivity index (χ0v) is 10.1. The Hall–Kier alpha value is -0.570. The van der Waals surface area contributed by atoms with Crippen LogP contribution >= 0.6 is 0 Å². The molecule has 0 saturated heterocycles. The first-order valence-corrected chi connectivity index (χ1v) is 5.69. The van der Waals surface area contributed by atoms with Crippen LogP contribution in [-0.4, -0.2) is 21.8 Å². The summed E-state index contributed by atoms with van der Waals surface area (Å²) in [6.45, 7) is 7.83. The molecule has 3 heteroatoms. The van der Waals surface area contributed by atoms with Gasteiger partial charge in [0.05, 0.1) is 11.0 Å². The molecule has 88 valence electrons. The standard InChI is InChI=1S/C12H22O3/c1-5-11(6-2,9(13)14)12(15)7-10(3,4)8-12/h15H,5-8H2,1-4H3,(H,13,14). The normalized spacial score (nSPS) is 23.3. The van der Waals surface area contributed by atoms with Crippen LogP contribution in [0.25, 0.3) is 0 Å². The van der Waals surface area contributed by atoms with Crippen molar-refractivity contribution in [3.63, 3.8) is 0 Å².